The maximum Gasteiger partial charge on any atom is -0.0357 e. The summed E-state index contributed by atoms with van der Waals surface area (Å²) >= 11 is 0. The molecule has 0 aromatic heterocycles. The molecule has 0 aromatic carbocycles. The van der Waals surface area contributed by atoms with Gasteiger partial charge in [-0.15, -0.1) is 0 Å². The Morgan fingerprint density at radius 2 is 1.86 bits per heavy atom. The summed E-state index contributed by atoms with van der Waals surface area (Å²) in [7, 11) is 0. The molecule has 1 rings (SSSR count). The summed E-state index contributed by atoms with van der Waals surface area (Å²) in [4.78, 5) is 0. The van der Waals surface area contributed by atoms with E-state index in [0.29, 0.717) is 0 Å². The molecule has 4 unspecified atom stereocenters. The highest BCUT2D eigenvalue weighted by atomic mass is 14.5. The molecule has 0 aliphatic heterocycles. The standard InChI is InChI=1S/C14H28/c1-5-8-12(7-3)9-13-10-14(13)11(4)6-2/h11-14H,5-10H2,1-4H3. The molecule has 14 heavy (non-hydrogen) atoms. The molecule has 1 fully saturated rings. The molecule has 1 saturated carbocycles. The Bertz CT molecular complexity index is 150. The van der Waals surface area contributed by atoms with Crippen molar-refractivity contribution in [3.8, 4) is 0 Å². The lowest BCUT2D eigenvalue weighted by Crippen LogP contribution is -2.03. The van der Waals surface area contributed by atoms with Crippen molar-refractivity contribution in [3.05, 3.63) is 0 Å². The molecule has 0 N–H and O–H groups in total. The monoisotopic (exact) mass is 196 g/mol. The van der Waals surface area contributed by atoms with E-state index in [0.717, 1.165) is 23.7 Å². The lowest BCUT2D eigenvalue weighted by Gasteiger charge is -2.14. The average Bonchev–Trinajstić information content (AvgIpc) is 2.95. The Kier molecular flexibility index (Phi) is 4.98. The van der Waals surface area contributed by atoms with Gasteiger partial charge in [-0.25, -0.2) is 0 Å². The first kappa shape index (κ1) is 12.1. The number of rotatable bonds is 7. The van der Waals surface area contributed by atoms with E-state index < -0.39 is 0 Å². The van der Waals surface area contributed by atoms with Gasteiger partial charge < -0.3 is 0 Å². The zero-order valence-electron chi connectivity index (χ0n) is 10.6. The topological polar surface area (TPSA) is 0 Å². The van der Waals surface area contributed by atoms with Crippen molar-refractivity contribution in [2.24, 2.45) is 23.7 Å². The zero-order chi connectivity index (χ0) is 10.6. The molecule has 0 heteroatoms. The summed E-state index contributed by atoms with van der Waals surface area (Å²) in [5.41, 5.74) is 0. The summed E-state index contributed by atoms with van der Waals surface area (Å²) in [6, 6.07) is 0. The van der Waals surface area contributed by atoms with Gasteiger partial charge in [0.15, 0.2) is 0 Å². The highest BCUT2D eigenvalue weighted by Gasteiger charge is 2.40. The van der Waals surface area contributed by atoms with Crippen molar-refractivity contribution in [3.63, 3.8) is 0 Å². The highest BCUT2D eigenvalue weighted by Crippen LogP contribution is 2.49. The fourth-order valence-corrected chi connectivity index (χ4v) is 2.87. The van der Waals surface area contributed by atoms with E-state index in [-0.39, 0.29) is 0 Å². The van der Waals surface area contributed by atoms with Gasteiger partial charge in [0, 0.05) is 0 Å². The molecule has 1 aliphatic carbocycles. The van der Waals surface area contributed by atoms with Crippen LogP contribution in [0, 0.1) is 23.7 Å². The number of hydrogen-bond acceptors (Lipinski definition) is 0. The van der Waals surface area contributed by atoms with Crippen molar-refractivity contribution in [2.75, 3.05) is 0 Å². The summed E-state index contributed by atoms with van der Waals surface area (Å²) in [5.74, 6) is 4.20. The first-order valence-corrected chi connectivity index (χ1v) is 6.72. The zero-order valence-corrected chi connectivity index (χ0v) is 10.6. The molecule has 0 radical (unpaired) electrons. The van der Waals surface area contributed by atoms with Gasteiger partial charge in [0.1, 0.15) is 0 Å². The molecule has 0 spiro atoms. The van der Waals surface area contributed by atoms with Crippen LogP contribution in [0.3, 0.4) is 0 Å². The van der Waals surface area contributed by atoms with Crippen LogP contribution in [0.2, 0.25) is 0 Å². The molecule has 0 bridgehead atoms. The SMILES string of the molecule is CCCC(CC)CC1CC1C(C)CC. The van der Waals surface area contributed by atoms with Crippen LogP contribution in [0.5, 0.6) is 0 Å². The molecular formula is C14H28. The predicted molar refractivity (Wildman–Crippen MR) is 64.4 cm³/mol. The van der Waals surface area contributed by atoms with Crippen LogP contribution in [-0.4, -0.2) is 0 Å². The van der Waals surface area contributed by atoms with Gasteiger partial charge in [0.05, 0.1) is 0 Å². The van der Waals surface area contributed by atoms with E-state index in [1.165, 1.54) is 38.5 Å². The largest absolute Gasteiger partial charge is 0.0654 e. The molecule has 0 heterocycles. The first-order valence-electron chi connectivity index (χ1n) is 6.72. The lowest BCUT2D eigenvalue weighted by atomic mass is 9.92. The minimum absolute atomic E-state index is 0.985. The van der Waals surface area contributed by atoms with Gasteiger partial charge in [-0.3, -0.25) is 0 Å². The fourth-order valence-electron chi connectivity index (χ4n) is 2.87. The smallest absolute Gasteiger partial charge is 0.0357 e. The summed E-state index contributed by atoms with van der Waals surface area (Å²) < 4.78 is 0. The van der Waals surface area contributed by atoms with E-state index in [4.69, 9.17) is 0 Å². The van der Waals surface area contributed by atoms with Gasteiger partial charge in [-0.2, -0.15) is 0 Å². The van der Waals surface area contributed by atoms with Crippen molar-refractivity contribution < 1.29 is 0 Å². The minimum Gasteiger partial charge on any atom is -0.0654 e. The highest BCUT2D eigenvalue weighted by molar-refractivity contribution is 4.90. The van der Waals surface area contributed by atoms with E-state index in [9.17, 15) is 0 Å². The maximum atomic E-state index is 2.44. The fraction of sp³-hybridized carbons (Fsp3) is 1.00. The molecule has 0 aromatic rings. The van der Waals surface area contributed by atoms with Crippen molar-refractivity contribution in [1.82, 2.24) is 0 Å². The van der Waals surface area contributed by atoms with Crippen LogP contribution in [0.15, 0.2) is 0 Å². The molecule has 0 amide bonds. The number of hydrogen-bond donors (Lipinski definition) is 0. The van der Waals surface area contributed by atoms with Crippen molar-refractivity contribution in [1.29, 1.82) is 0 Å². The third-order valence-corrected chi connectivity index (χ3v) is 4.26. The Balaban J connectivity index is 2.19. The Hall–Kier alpha value is 0. The second-order valence-corrected chi connectivity index (χ2v) is 5.34. The van der Waals surface area contributed by atoms with Gasteiger partial charge in [0.25, 0.3) is 0 Å². The van der Waals surface area contributed by atoms with Crippen LogP contribution < -0.4 is 0 Å². The third-order valence-electron chi connectivity index (χ3n) is 4.26. The van der Waals surface area contributed by atoms with E-state index in [1.54, 1.807) is 0 Å². The molecule has 0 saturated heterocycles. The van der Waals surface area contributed by atoms with E-state index in [1.807, 2.05) is 0 Å². The van der Waals surface area contributed by atoms with Crippen LogP contribution in [0.1, 0.15) is 66.2 Å². The summed E-state index contributed by atoms with van der Waals surface area (Å²) in [6.45, 7) is 9.46. The molecule has 0 nitrogen and oxygen atoms in total. The van der Waals surface area contributed by atoms with Gasteiger partial charge in [-0.1, -0.05) is 53.4 Å². The Labute approximate surface area is 90.5 Å². The Morgan fingerprint density at radius 3 is 2.36 bits per heavy atom. The second-order valence-electron chi connectivity index (χ2n) is 5.34. The van der Waals surface area contributed by atoms with Crippen LogP contribution >= 0.6 is 0 Å². The molecule has 4 atom stereocenters. The quantitative estimate of drug-likeness (QED) is 0.544. The third kappa shape index (κ3) is 3.29. The van der Waals surface area contributed by atoms with Crippen LogP contribution in [0.25, 0.3) is 0 Å². The average molecular weight is 196 g/mol. The first-order chi connectivity index (χ1) is 6.72. The van der Waals surface area contributed by atoms with Crippen molar-refractivity contribution >= 4 is 0 Å². The summed E-state index contributed by atoms with van der Waals surface area (Å²) in [5, 5.41) is 0. The van der Waals surface area contributed by atoms with Crippen molar-refractivity contribution in [2.45, 2.75) is 66.2 Å². The predicted octanol–water partition coefficient (Wildman–Crippen LogP) is 4.89. The van der Waals surface area contributed by atoms with Gasteiger partial charge >= 0.3 is 0 Å². The second kappa shape index (κ2) is 5.78. The summed E-state index contributed by atoms with van der Waals surface area (Å²) in [6.07, 6.45) is 8.68. The normalized spacial score (nSPS) is 30.0. The van der Waals surface area contributed by atoms with Gasteiger partial charge in [0.2, 0.25) is 0 Å². The van der Waals surface area contributed by atoms with Crippen LogP contribution in [-0.2, 0) is 0 Å². The molecule has 1 aliphatic rings. The van der Waals surface area contributed by atoms with E-state index in [2.05, 4.69) is 27.7 Å². The molecule has 84 valence electrons. The maximum absolute atomic E-state index is 2.44. The Morgan fingerprint density at radius 1 is 1.14 bits per heavy atom. The minimum atomic E-state index is 0.985. The molecular weight excluding hydrogens is 168 g/mol. The lowest BCUT2D eigenvalue weighted by molar-refractivity contribution is 0.371. The van der Waals surface area contributed by atoms with Crippen LogP contribution in [0.4, 0.5) is 0 Å². The van der Waals surface area contributed by atoms with E-state index >= 15 is 0 Å². The van der Waals surface area contributed by atoms with Gasteiger partial charge in [-0.05, 0) is 36.5 Å².